The Kier molecular flexibility index (Phi) is 7.51. The predicted molar refractivity (Wildman–Crippen MR) is 123 cm³/mol. The quantitative estimate of drug-likeness (QED) is 0.487. The molecule has 0 radical (unpaired) electrons. The summed E-state index contributed by atoms with van der Waals surface area (Å²) in [5, 5.41) is 8.64. The maximum absolute atomic E-state index is 12.3. The average molecular weight is 455 g/mol. The molecule has 0 fully saturated rings. The standard InChI is InChI=1S/C23H23ClN4O4/c1-14-10-19(21(31-3)12-18(14)24)28-23(30)27-13-15-4-6-16(7-5-15)32-17-8-9-26-20(11-17)22(29)25-2/h4-12H,13H2,1-3H3,(H,25,29)(H2,27,28,30). The predicted octanol–water partition coefficient (Wildman–Crippen LogP) is 4.53. The number of hydrogen-bond donors (Lipinski definition) is 3. The van der Waals surface area contributed by atoms with Crippen molar-refractivity contribution in [2.24, 2.45) is 0 Å². The zero-order valence-corrected chi connectivity index (χ0v) is 18.6. The second-order valence-electron chi connectivity index (χ2n) is 6.81. The lowest BCUT2D eigenvalue weighted by molar-refractivity contribution is 0.0958. The topological polar surface area (TPSA) is 102 Å². The van der Waals surface area contributed by atoms with E-state index in [4.69, 9.17) is 21.1 Å². The molecule has 2 aromatic carbocycles. The highest BCUT2D eigenvalue weighted by Crippen LogP contribution is 2.30. The minimum absolute atomic E-state index is 0.268. The van der Waals surface area contributed by atoms with E-state index in [0.29, 0.717) is 34.5 Å². The van der Waals surface area contributed by atoms with Crippen LogP contribution in [0.1, 0.15) is 21.6 Å². The molecule has 0 aliphatic carbocycles. The number of aromatic nitrogens is 1. The molecule has 9 heteroatoms. The molecule has 0 unspecified atom stereocenters. The minimum Gasteiger partial charge on any atom is -0.495 e. The zero-order valence-electron chi connectivity index (χ0n) is 17.9. The van der Waals surface area contributed by atoms with Crippen molar-refractivity contribution in [2.45, 2.75) is 13.5 Å². The van der Waals surface area contributed by atoms with Crippen molar-refractivity contribution >= 4 is 29.2 Å². The summed E-state index contributed by atoms with van der Waals surface area (Å²) in [5.74, 6) is 1.28. The number of aryl methyl sites for hydroxylation is 1. The molecular weight excluding hydrogens is 432 g/mol. The molecule has 0 aliphatic rings. The van der Waals surface area contributed by atoms with Crippen LogP contribution in [0.5, 0.6) is 17.2 Å². The summed E-state index contributed by atoms with van der Waals surface area (Å²) in [4.78, 5) is 28.0. The lowest BCUT2D eigenvalue weighted by atomic mass is 10.2. The van der Waals surface area contributed by atoms with Crippen molar-refractivity contribution in [3.8, 4) is 17.2 Å². The number of hydrogen-bond acceptors (Lipinski definition) is 5. The minimum atomic E-state index is -0.371. The Morgan fingerprint density at radius 2 is 1.81 bits per heavy atom. The number of halogens is 1. The summed E-state index contributed by atoms with van der Waals surface area (Å²) >= 11 is 6.09. The second kappa shape index (κ2) is 10.5. The molecule has 3 N–H and O–H groups in total. The summed E-state index contributed by atoms with van der Waals surface area (Å²) in [6, 6.07) is 13.5. The van der Waals surface area contributed by atoms with Crippen LogP contribution in [0.3, 0.4) is 0 Å². The van der Waals surface area contributed by atoms with Crippen LogP contribution >= 0.6 is 11.6 Å². The summed E-state index contributed by atoms with van der Waals surface area (Å²) in [6.45, 7) is 2.16. The van der Waals surface area contributed by atoms with Gasteiger partial charge in [0.05, 0.1) is 12.8 Å². The van der Waals surface area contributed by atoms with Crippen molar-refractivity contribution in [3.63, 3.8) is 0 Å². The fraction of sp³-hybridized carbons (Fsp3) is 0.174. The molecule has 0 spiro atoms. The molecule has 1 aromatic heterocycles. The van der Waals surface area contributed by atoms with Gasteiger partial charge in [-0.3, -0.25) is 9.78 Å². The summed E-state index contributed by atoms with van der Waals surface area (Å²) < 4.78 is 11.0. The molecule has 0 saturated carbocycles. The molecule has 0 aliphatic heterocycles. The number of urea groups is 1. The number of pyridine rings is 1. The zero-order chi connectivity index (χ0) is 23.1. The van der Waals surface area contributed by atoms with Crippen LogP contribution < -0.4 is 25.4 Å². The van der Waals surface area contributed by atoms with Crippen molar-refractivity contribution in [1.29, 1.82) is 0 Å². The molecule has 32 heavy (non-hydrogen) atoms. The Morgan fingerprint density at radius 1 is 1.06 bits per heavy atom. The van der Waals surface area contributed by atoms with E-state index in [-0.39, 0.29) is 17.6 Å². The molecule has 3 aromatic rings. The van der Waals surface area contributed by atoms with E-state index in [1.54, 1.807) is 36.4 Å². The lowest BCUT2D eigenvalue weighted by Gasteiger charge is -2.13. The van der Waals surface area contributed by atoms with Gasteiger partial charge in [0.25, 0.3) is 5.91 Å². The maximum Gasteiger partial charge on any atom is 0.319 e. The third-order valence-corrected chi connectivity index (χ3v) is 4.94. The largest absolute Gasteiger partial charge is 0.495 e. The van der Waals surface area contributed by atoms with Gasteiger partial charge >= 0.3 is 6.03 Å². The van der Waals surface area contributed by atoms with Gasteiger partial charge in [-0.1, -0.05) is 23.7 Å². The number of methoxy groups -OCH3 is 1. The highest BCUT2D eigenvalue weighted by Gasteiger charge is 2.11. The molecule has 0 saturated heterocycles. The number of benzene rings is 2. The number of nitrogens with one attached hydrogen (secondary N) is 3. The van der Waals surface area contributed by atoms with Crippen LogP contribution in [0.2, 0.25) is 5.02 Å². The Bertz CT molecular complexity index is 1120. The highest BCUT2D eigenvalue weighted by atomic mass is 35.5. The normalized spacial score (nSPS) is 10.2. The van der Waals surface area contributed by atoms with E-state index in [2.05, 4.69) is 20.9 Å². The third kappa shape index (κ3) is 5.89. The maximum atomic E-state index is 12.3. The van der Waals surface area contributed by atoms with Crippen LogP contribution in [-0.2, 0) is 6.54 Å². The first kappa shape index (κ1) is 22.9. The number of carbonyl (C=O) groups is 2. The van der Waals surface area contributed by atoms with E-state index >= 15 is 0 Å². The second-order valence-corrected chi connectivity index (χ2v) is 7.22. The molecule has 0 atom stereocenters. The fourth-order valence-corrected chi connectivity index (χ4v) is 2.97. The van der Waals surface area contributed by atoms with Crippen molar-refractivity contribution in [1.82, 2.24) is 15.6 Å². The van der Waals surface area contributed by atoms with Crippen LogP contribution in [0.25, 0.3) is 0 Å². The number of nitrogens with zero attached hydrogens (tertiary/aromatic N) is 1. The van der Waals surface area contributed by atoms with Gasteiger partial charge in [0.15, 0.2) is 0 Å². The van der Waals surface area contributed by atoms with Gasteiger partial charge in [0.1, 0.15) is 22.9 Å². The smallest absolute Gasteiger partial charge is 0.319 e. The summed E-state index contributed by atoms with van der Waals surface area (Å²) in [6.07, 6.45) is 1.51. The highest BCUT2D eigenvalue weighted by molar-refractivity contribution is 6.31. The van der Waals surface area contributed by atoms with Crippen molar-refractivity contribution in [3.05, 3.63) is 76.6 Å². The monoisotopic (exact) mass is 454 g/mol. The first-order valence-electron chi connectivity index (χ1n) is 9.73. The van der Waals surface area contributed by atoms with Gasteiger partial charge in [0.2, 0.25) is 0 Å². The molecular formula is C23H23ClN4O4. The Morgan fingerprint density at radius 3 is 2.50 bits per heavy atom. The average Bonchev–Trinajstić information content (AvgIpc) is 2.80. The summed E-state index contributed by atoms with van der Waals surface area (Å²) in [7, 11) is 3.05. The molecule has 3 amide bonds. The van der Waals surface area contributed by atoms with Gasteiger partial charge in [-0.2, -0.15) is 0 Å². The number of amides is 3. The van der Waals surface area contributed by atoms with Gasteiger partial charge in [-0.25, -0.2) is 4.79 Å². The van der Waals surface area contributed by atoms with Crippen LogP contribution in [-0.4, -0.2) is 31.1 Å². The van der Waals surface area contributed by atoms with Gasteiger partial charge in [-0.05, 0) is 42.3 Å². The van der Waals surface area contributed by atoms with E-state index in [9.17, 15) is 9.59 Å². The van der Waals surface area contributed by atoms with Gasteiger partial charge in [0, 0.05) is 36.9 Å². The molecule has 8 nitrogen and oxygen atoms in total. The van der Waals surface area contributed by atoms with Crippen LogP contribution in [0.4, 0.5) is 10.5 Å². The van der Waals surface area contributed by atoms with E-state index < -0.39 is 0 Å². The van der Waals surface area contributed by atoms with Crippen molar-refractivity contribution in [2.75, 3.05) is 19.5 Å². The Labute approximate surface area is 190 Å². The van der Waals surface area contributed by atoms with Crippen LogP contribution in [0.15, 0.2) is 54.7 Å². The molecule has 3 rings (SSSR count). The number of ether oxygens (including phenoxy) is 2. The van der Waals surface area contributed by atoms with Crippen LogP contribution in [0, 0.1) is 6.92 Å². The molecule has 166 valence electrons. The van der Waals surface area contributed by atoms with Gasteiger partial charge < -0.3 is 25.4 Å². The summed E-state index contributed by atoms with van der Waals surface area (Å²) in [5.41, 5.74) is 2.51. The van der Waals surface area contributed by atoms with E-state index in [1.807, 2.05) is 19.1 Å². The first-order valence-corrected chi connectivity index (χ1v) is 10.1. The number of rotatable bonds is 7. The number of carbonyl (C=O) groups excluding carboxylic acids is 2. The van der Waals surface area contributed by atoms with E-state index in [0.717, 1.165) is 11.1 Å². The molecule has 1 heterocycles. The Hall–Kier alpha value is -3.78. The first-order chi connectivity index (χ1) is 15.4. The third-order valence-electron chi connectivity index (χ3n) is 4.53. The Balaban J connectivity index is 1.57. The number of anilines is 1. The van der Waals surface area contributed by atoms with E-state index in [1.165, 1.54) is 20.4 Å². The molecule has 0 bridgehead atoms. The SMILES string of the molecule is CNC(=O)c1cc(Oc2ccc(CNC(=O)Nc3cc(C)c(Cl)cc3OC)cc2)ccn1. The fourth-order valence-electron chi connectivity index (χ4n) is 2.82. The van der Waals surface area contributed by atoms with Crippen molar-refractivity contribution < 1.29 is 19.1 Å². The van der Waals surface area contributed by atoms with Gasteiger partial charge in [-0.15, -0.1) is 0 Å². The lowest BCUT2D eigenvalue weighted by Crippen LogP contribution is -2.28.